The van der Waals surface area contributed by atoms with Crippen molar-refractivity contribution in [2.24, 2.45) is 0 Å². The molecule has 3 heterocycles. The first-order chi connectivity index (χ1) is 17.2. The molecular formula is C24H28F3N5O4S. The monoisotopic (exact) mass is 539 g/mol. The van der Waals surface area contributed by atoms with Gasteiger partial charge in [0.25, 0.3) is 10.0 Å². The zero-order chi connectivity index (χ0) is 27.0. The highest BCUT2D eigenvalue weighted by atomic mass is 32.2. The van der Waals surface area contributed by atoms with E-state index in [1.54, 1.807) is 19.1 Å². The number of ether oxygens (including phenoxy) is 1. The highest BCUT2D eigenvalue weighted by Crippen LogP contribution is 2.31. The van der Waals surface area contributed by atoms with Crippen molar-refractivity contribution < 1.29 is 30.8 Å². The van der Waals surface area contributed by atoms with Gasteiger partial charge < -0.3 is 9.26 Å². The van der Waals surface area contributed by atoms with Gasteiger partial charge >= 0.3 is 12.2 Å². The minimum absolute atomic E-state index is 0.113. The molecule has 0 saturated carbocycles. The second-order valence-corrected chi connectivity index (χ2v) is 11.7. The Labute approximate surface area is 213 Å². The summed E-state index contributed by atoms with van der Waals surface area (Å²) in [7, 11) is -3.90. The van der Waals surface area contributed by atoms with Gasteiger partial charge in [-0.15, -0.1) is 0 Å². The van der Waals surface area contributed by atoms with E-state index < -0.39 is 22.8 Å². The maximum Gasteiger partial charge on any atom is 0.422 e. The van der Waals surface area contributed by atoms with Crippen LogP contribution in [0.4, 0.5) is 19.0 Å². The molecule has 0 unspecified atom stereocenters. The third-order valence-corrected chi connectivity index (χ3v) is 7.20. The number of nitrogens with zero attached hydrogens (tertiary/aromatic N) is 4. The number of rotatable bonds is 7. The van der Waals surface area contributed by atoms with Crippen LogP contribution in [0.15, 0.2) is 40.0 Å². The van der Waals surface area contributed by atoms with E-state index in [9.17, 15) is 21.6 Å². The number of hydrogen-bond acceptors (Lipinski definition) is 8. The van der Waals surface area contributed by atoms with Crippen LogP contribution in [-0.4, -0.2) is 47.8 Å². The van der Waals surface area contributed by atoms with Crippen LogP contribution in [0.25, 0.3) is 0 Å². The highest BCUT2D eigenvalue weighted by molar-refractivity contribution is 7.92. The fraction of sp³-hybridized carbons (Fsp3) is 0.458. The van der Waals surface area contributed by atoms with Crippen LogP contribution in [0.5, 0.6) is 6.01 Å². The number of aromatic nitrogens is 3. The van der Waals surface area contributed by atoms with Crippen molar-refractivity contribution in [2.75, 3.05) is 17.9 Å². The standard InChI is InChI=1S/C24H28F3N5O4S/c1-15-20(23(2,3)4)36-30-21(15)31-37(33,34)19-6-5-17-7-8-32(13-18(17)9-19)12-16-10-28-22(29-11-16)35-14-24(25,26)27/h5-6,9-11H,7-8,12-14H2,1-4H3,(H,30,31). The molecule has 0 fully saturated rings. The first kappa shape index (κ1) is 26.9. The summed E-state index contributed by atoms with van der Waals surface area (Å²) in [5, 5.41) is 3.92. The quantitative estimate of drug-likeness (QED) is 0.471. The molecule has 9 nitrogen and oxygen atoms in total. The number of fused-ring (bicyclic) bond motifs is 1. The first-order valence-electron chi connectivity index (χ1n) is 11.6. The molecule has 0 bridgehead atoms. The zero-order valence-corrected chi connectivity index (χ0v) is 21.7. The van der Waals surface area contributed by atoms with Crippen LogP contribution in [0.2, 0.25) is 0 Å². The summed E-state index contributed by atoms with van der Waals surface area (Å²) in [4.78, 5) is 9.88. The summed E-state index contributed by atoms with van der Waals surface area (Å²) >= 11 is 0. The summed E-state index contributed by atoms with van der Waals surface area (Å²) in [6, 6.07) is 4.69. The van der Waals surface area contributed by atoms with E-state index in [0.717, 1.165) is 17.7 Å². The number of benzene rings is 1. The molecule has 3 aromatic rings. The van der Waals surface area contributed by atoms with Gasteiger partial charge in [0, 0.05) is 48.6 Å². The lowest BCUT2D eigenvalue weighted by atomic mass is 9.91. The lowest BCUT2D eigenvalue weighted by molar-refractivity contribution is -0.154. The van der Waals surface area contributed by atoms with Crippen molar-refractivity contribution in [1.82, 2.24) is 20.0 Å². The fourth-order valence-corrected chi connectivity index (χ4v) is 5.22. The normalized spacial score (nSPS) is 14.9. The number of anilines is 1. The Morgan fingerprint density at radius 3 is 2.46 bits per heavy atom. The van der Waals surface area contributed by atoms with Crippen molar-refractivity contribution in [2.45, 2.75) is 63.7 Å². The second kappa shape index (κ2) is 9.93. The summed E-state index contributed by atoms with van der Waals surface area (Å²) in [6.45, 7) is 7.83. The van der Waals surface area contributed by atoms with Crippen LogP contribution in [-0.2, 0) is 34.9 Å². The SMILES string of the molecule is Cc1c(NS(=O)(=O)c2ccc3c(c2)CN(Cc2cnc(OCC(F)(F)F)nc2)CC3)noc1C(C)(C)C. The van der Waals surface area contributed by atoms with Crippen LogP contribution in [0.3, 0.4) is 0 Å². The van der Waals surface area contributed by atoms with Crippen LogP contribution in [0, 0.1) is 6.92 Å². The maximum atomic E-state index is 13.1. The predicted molar refractivity (Wildman–Crippen MR) is 129 cm³/mol. The molecule has 37 heavy (non-hydrogen) atoms. The largest absolute Gasteiger partial charge is 0.454 e. The lowest BCUT2D eigenvalue weighted by Gasteiger charge is -2.29. The Bertz CT molecular complexity index is 1370. The molecule has 0 atom stereocenters. The van der Waals surface area contributed by atoms with Gasteiger partial charge in [-0.2, -0.15) is 13.2 Å². The Kier molecular flexibility index (Phi) is 7.21. The van der Waals surface area contributed by atoms with Crippen LogP contribution < -0.4 is 9.46 Å². The molecule has 0 radical (unpaired) electrons. The van der Waals surface area contributed by atoms with E-state index in [1.807, 2.05) is 26.8 Å². The van der Waals surface area contributed by atoms with Gasteiger partial charge in [0.15, 0.2) is 12.4 Å². The fourth-order valence-electron chi connectivity index (χ4n) is 4.11. The topological polar surface area (TPSA) is 110 Å². The maximum absolute atomic E-state index is 13.1. The summed E-state index contributed by atoms with van der Waals surface area (Å²) in [5.41, 5.74) is 2.93. The minimum atomic E-state index is -4.46. The van der Waals surface area contributed by atoms with E-state index in [4.69, 9.17) is 4.52 Å². The van der Waals surface area contributed by atoms with Crippen molar-refractivity contribution in [3.05, 3.63) is 58.6 Å². The van der Waals surface area contributed by atoms with Gasteiger partial charge in [-0.05, 0) is 36.6 Å². The summed E-state index contributed by atoms with van der Waals surface area (Å²) in [5.74, 6) is 0.766. The molecule has 0 aliphatic carbocycles. The Morgan fingerprint density at radius 2 is 1.84 bits per heavy atom. The molecular weight excluding hydrogens is 511 g/mol. The summed E-state index contributed by atoms with van der Waals surface area (Å²) in [6.07, 6.45) is -0.904. The molecule has 0 spiro atoms. The Hall–Kier alpha value is -3.19. The van der Waals surface area contributed by atoms with Gasteiger partial charge in [-0.3, -0.25) is 9.62 Å². The van der Waals surface area contributed by atoms with Gasteiger partial charge in [-0.25, -0.2) is 18.4 Å². The second-order valence-electron chi connectivity index (χ2n) is 10.0. The zero-order valence-electron chi connectivity index (χ0n) is 20.9. The van der Waals surface area contributed by atoms with Gasteiger partial charge in [0.1, 0.15) is 5.76 Å². The van der Waals surface area contributed by atoms with Crippen molar-refractivity contribution in [3.8, 4) is 6.01 Å². The average Bonchev–Trinajstić information content (AvgIpc) is 3.17. The van der Waals surface area contributed by atoms with E-state index in [1.165, 1.54) is 12.4 Å². The lowest BCUT2D eigenvalue weighted by Crippen LogP contribution is -2.30. The van der Waals surface area contributed by atoms with E-state index >= 15 is 0 Å². The number of nitrogens with one attached hydrogen (secondary N) is 1. The Balaban J connectivity index is 1.44. The van der Waals surface area contributed by atoms with Gasteiger partial charge in [0.2, 0.25) is 0 Å². The number of alkyl halides is 3. The van der Waals surface area contributed by atoms with E-state index in [0.29, 0.717) is 36.4 Å². The smallest absolute Gasteiger partial charge is 0.422 e. The van der Waals surface area contributed by atoms with E-state index in [2.05, 4.69) is 29.5 Å². The molecule has 4 rings (SSSR count). The third-order valence-electron chi connectivity index (χ3n) is 5.87. The molecule has 1 N–H and O–H groups in total. The Morgan fingerprint density at radius 1 is 1.14 bits per heavy atom. The molecule has 200 valence electrons. The molecule has 1 aromatic carbocycles. The van der Waals surface area contributed by atoms with Crippen molar-refractivity contribution >= 4 is 15.8 Å². The number of hydrogen-bond donors (Lipinski definition) is 1. The minimum Gasteiger partial charge on any atom is -0.454 e. The molecule has 1 aliphatic heterocycles. The third kappa shape index (κ3) is 6.58. The molecule has 1 aliphatic rings. The van der Waals surface area contributed by atoms with Crippen LogP contribution >= 0.6 is 0 Å². The molecule has 13 heteroatoms. The number of sulfonamides is 1. The predicted octanol–water partition coefficient (Wildman–Crippen LogP) is 4.37. The molecule has 0 saturated heterocycles. The molecule has 0 amide bonds. The van der Waals surface area contributed by atoms with Gasteiger partial charge in [-0.1, -0.05) is 32.0 Å². The van der Waals surface area contributed by atoms with E-state index in [-0.39, 0.29) is 22.1 Å². The van der Waals surface area contributed by atoms with Crippen molar-refractivity contribution in [1.29, 1.82) is 0 Å². The highest BCUT2D eigenvalue weighted by Gasteiger charge is 2.29. The summed E-state index contributed by atoms with van der Waals surface area (Å²) < 4.78 is 75.5. The number of halogens is 3. The average molecular weight is 540 g/mol. The molecule has 2 aromatic heterocycles. The van der Waals surface area contributed by atoms with Gasteiger partial charge in [0.05, 0.1) is 4.90 Å². The first-order valence-corrected chi connectivity index (χ1v) is 13.0. The van der Waals surface area contributed by atoms with Crippen LogP contribution in [0.1, 0.15) is 48.8 Å². The van der Waals surface area contributed by atoms with Crippen molar-refractivity contribution in [3.63, 3.8) is 0 Å².